The average molecular weight is 448 g/mol. The second-order valence-electron chi connectivity index (χ2n) is 8.57. The minimum atomic E-state index is -0.612. The molecule has 2 aromatic carbocycles. The zero-order valence-electron chi connectivity index (χ0n) is 18.4. The first-order valence-corrected chi connectivity index (χ1v) is 11.1. The van der Waals surface area contributed by atoms with E-state index in [-0.39, 0.29) is 11.7 Å². The number of rotatable bonds is 3. The first kappa shape index (κ1) is 21.3. The topological polar surface area (TPSA) is 69.9 Å². The van der Waals surface area contributed by atoms with Crippen molar-refractivity contribution in [3.63, 3.8) is 0 Å². The minimum Gasteiger partial charge on any atom is -0.350 e. The molecule has 0 N–H and O–H groups in total. The highest BCUT2D eigenvalue weighted by atomic mass is 19.1. The summed E-state index contributed by atoms with van der Waals surface area (Å²) in [7, 11) is 2.04. The lowest BCUT2D eigenvalue weighted by Crippen LogP contribution is -2.57. The standard InChI is InChI=1S/C25H25FN4O3/c1-28-11-13-29(14-12-28)24(31)22-10-9-17-5-2-3-8-21(17)30(22)25(32)23-16-20(27-33-23)18-6-4-7-19(26)15-18/h2-8,15-16,22H,9-14H2,1H3. The van der Waals surface area contributed by atoms with Crippen molar-refractivity contribution in [2.45, 2.75) is 18.9 Å². The van der Waals surface area contributed by atoms with Gasteiger partial charge in [-0.25, -0.2) is 4.39 Å². The van der Waals surface area contributed by atoms with Gasteiger partial charge in [0.15, 0.2) is 0 Å². The van der Waals surface area contributed by atoms with Crippen LogP contribution in [0.2, 0.25) is 0 Å². The molecule has 3 aromatic rings. The first-order valence-electron chi connectivity index (χ1n) is 11.1. The number of nitrogens with zero attached hydrogens (tertiary/aromatic N) is 4. The highest BCUT2D eigenvalue weighted by Crippen LogP contribution is 2.33. The van der Waals surface area contributed by atoms with E-state index in [4.69, 9.17) is 4.52 Å². The van der Waals surface area contributed by atoms with Crippen molar-refractivity contribution < 1.29 is 18.5 Å². The van der Waals surface area contributed by atoms with Crippen LogP contribution in [0.1, 0.15) is 22.5 Å². The highest BCUT2D eigenvalue weighted by Gasteiger charge is 2.39. The van der Waals surface area contributed by atoms with Gasteiger partial charge in [0.25, 0.3) is 5.91 Å². The molecule has 8 heteroatoms. The van der Waals surface area contributed by atoms with Gasteiger partial charge in [-0.3, -0.25) is 14.5 Å². The van der Waals surface area contributed by atoms with Gasteiger partial charge in [0.1, 0.15) is 17.6 Å². The fourth-order valence-electron chi connectivity index (χ4n) is 4.55. The fourth-order valence-corrected chi connectivity index (χ4v) is 4.55. The number of carbonyl (C=O) groups excluding carboxylic acids is 2. The van der Waals surface area contributed by atoms with Crippen molar-refractivity contribution >= 4 is 17.5 Å². The van der Waals surface area contributed by atoms with Gasteiger partial charge in [-0.1, -0.05) is 35.5 Å². The van der Waals surface area contributed by atoms with E-state index in [0.717, 1.165) is 25.1 Å². The second-order valence-corrected chi connectivity index (χ2v) is 8.57. The van der Waals surface area contributed by atoms with Crippen molar-refractivity contribution in [1.29, 1.82) is 0 Å². The van der Waals surface area contributed by atoms with Gasteiger partial charge in [0.2, 0.25) is 11.7 Å². The Balaban J connectivity index is 1.47. The zero-order valence-corrected chi connectivity index (χ0v) is 18.4. The van der Waals surface area contributed by atoms with Crippen LogP contribution in [0.3, 0.4) is 0 Å². The summed E-state index contributed by atoms with van der Waals surface area (Å²) >= 11 is 0. The number of fused-ring (bicyclic) bond motifs is 1. The van der Waals surface area contributed by atoms with Crippen molar-refractivity contribution in [3.8, 4) is 11.3 Å². The highest BCUT2D eigenvalue weighted by molar-refractivity contribution is 6.09. The number of hydrogen-bond donors (Lipinski definition) is 0. The van der Waals surface area contributed by atoms with E-state index in [0.29, 0.717) is 36.5 Å². The van der Waals surface area contributed by atoms with Crippen LogP contribution in [0.4, 0.5) is 10.1 Å². The fraction of sp³-hybridized carbons (Fsp3) is 0.320. The number of aryl methyl sites for hydroxylation is 1. The quantitative estimate of drug-likeness (QED) is 0.616. The van der Waals surface area contributed by atoms with Gasteiger partial charge < -0.3 is 14.3 Å². The van der Waals surface area contributed by atoms with Crippen LogP contribution >= 0.6 is 0 Å². The summed E-state index contributed by atoms with van der Waals surface area (Å²) in [6.45, 7) is 2.90. The van der Waals surface area contributed by atoms with Gasteiger partial charge in [-0.2, -0.15) is 0 Å². The Morgan fingerprint density at radius 1 is 1.03 bits per heavy atom. The van der Waals surface area contributed by atoms with E-state index < -0.39 is 17.8 Å². The largest absolute Gasteiger partial charge is 0.350 e. The molecule has 1 saturated heterocycles. The summed E-state index contributed by atoms with van der Waals surface area (Å²) in [5.74, 6) is -0.853. The van der Waals surface area contributed by atoms with Crippen molar-refractivity contribution in [3.05, 3.63) is 71.7 Å². The van der Waals surface area contributed by atoms with Crippen LogP contribution in [-0.4, -0.2) is 66.0 Å². The zero-order chi connectivity index (χ0) is 22.9. The maximum Gasteiger partial charge on any atom is 0.297 e. The van der Waals surface area contributed by atoms with Gasteiger partial charge >= 0.3 is 0 Å². The molecule has 0 aliphatic carbocycles. The molecule has 1 fully saturated rings. The third-order valence-corrected chi connectivity index (χ3v) is 6.41. The summed E-state index contributed by atoms with van der Waals surface area (Å²) in [6.07, 6.45) is 1.26. The van der Waals surface area contributed by atoms with Crippen LogP contribution in [0, 0.1) is 5.82 Å². The van der Waals surface area contributed by atoms with Gasteiger partial charge in [-0.15, -0.1) is 0 Å². The van der Waals surface area contributed by atoms with E-state index in [2.05, 4.69) is 10.1 Å². The van der Waals surface area contributed by atoms with Crippen LogP contribution in [0.25, 0.3) is 11.3 Å². The lowest BCUT2D eigenvalue weighted by Gasteiger charge is -2.40. The van der Waals surface area contributed by atoms with Crippen LogP contribution in [0.15, 0.2) is 59.1 Å². The number of likely N-dealkylation sites (N-methyl/N-ethyl adjacent to an activating group) is 1. The Labute approximate surface area is 191 Å². The van der Waals surface area contributed by atoms with E-state index in [1.165, 1.54) is 18.2 Å². The number of halogens is 1. The molecule has 0 spiro atoms. The molecule has 1 unspecified atom stereocenters. The Kier molecular flexibility index (Phi) is 5.68. The van der Waals surface area contributed by atoms with Crippen LogP contribution < -0.4 is 4.90 Å². The van der Waals surface area contributed by atoms with Crippen molar-refractivity contribution in [1.82, 2.24) is 15.0 Å². The predicted octanol–water partition coefficient (Wildman–Crippen LogP) is 3.22. The van der Waals surface area contributed by atoms with E-state index in [1.807, 2.05) is 36.2 Å². The maximum atomic E-state index is 13.7. The molecule has 170 valence electrons. The van der Waals surface area contributed by atoms with Gasteiger partial charge in [0, 0.05) is 43.5 Å². The molecule has 33 heavy (non-hydrogen) atoms. The predicted molar refractivity (Wildman–Crippen MR) is 121 cm³/mol. The van der Waals surface area contributed by atoms with Crippen LogP contribution in [0.5, 0.6) is 0 Å². The molecule has 1 aromatic heterocycles. The molecule has 5 rings (SSSR count). The summed E-state index contributed by atoms with van der Waals surface area (Å²) in [5, 5.41) is 3.98. The number of hydrogen-bond acceptors (Lipinski definition) is 5. The summed E-state index contributed by atoms with van der Waals surface area (Å²) in [5.41, 5.74) is 2.61. The molecule has 0 radical (unpaired) electrons. The molecule has 2 aliphatic heterocycles. The third-order valence-electron chi connectivity index (χ3n) is 6.41. The first-order chi connectivity index (χ1) is 16.0. The second kappa shape index (κ2) is 8.78. The molecule has 2 amide bonds. The van der Waals surface area contributed by atoms with Gasteiger partial charge in [0.05, 0.1) is 0 Å². The Morgan fingerprint density at radius 2 is 1.82 bits per heavy atom. The molecule has 0 saturated carbocycles. The lowest BCUT2D eigenvalue weighted by atomic mass is 9.94. The van der Waals surface area contributed by atoms with Crippen molar-refractivity contribution in [2.24, 2.45) is 0 Å². The van der Waals surface area contributed by atoms with Crippen molar-refractivity contribution in [2.75, 3.05) is 38.1 Å². The molecule has 2 aliphatic rings. The number of aromatic nitrogens is 1. The smallest absolute Gasteiger partial charge is 0.297 e. The third kappa shape index (κ3) is 4.14. The molecule has 3 heterocycles. The minimum absolute atomic E-state index is 0.0159. The molecule has 7 nitrogen and oxygen atoms in total. The Bertz CT molecular complexity index is 1190. The van der Waals surface area contributed by atoms with Crippen LogP contribution in [-0.2, 0) is 11.2 Å². The average Bonchev–Trinajstić information content (AvgIpc) is 3.33. The SMILES string of the molecule is CN1CCN(C(=O)C2CCc3ccccc3N2C(=O)c2cc(-c3cccc(F)c3)no2)CC1. The number of benzene rings is 2. The van der Waals surface area contributed by atoms with Gasteiger partial charge in [-0.05, 0) is 43.7 Å². The van der Waals surface area contributed by atoms with E-state index in [1.54, 1.807) is 17.0 Å². The van der Waals surface area contributed by atoms with E-state index in [9.17, 15) is 14.0 Å². The molecule has 0 bridgehead atoms. The summed E-state index contributed by atoms with van der Waals surface area (Å²) in [6, 6.07) is 14.5. The summed E-state index contributed by atoms with van der Waals surface area (Å²) in [4.78, 5) is 32.7. The number of anilines is 1. The normalized spacial score (nSPS) is 18.8. The summed E-state index contributed by atoms with van der Waals surface area (Å²) < 4.78 is 19.0. The number of carbonyl (C=O) groups is 2. The molecular weight excluding hydrogens is 423 g/mol. The number of para-hydroxylation sites is 1. The Hall–Kier alpha value is -3.52. The monoisotopic (exact) mass is 448 g/mol. The van der Waals surface area contributed by atoms with E-state index >= 15 is 0 Å². The molecule has 1 atom stereocenters. The molecular formula is C25H25FN4O3. The lowest BCUT2D eigenvalue weighted by molar-refractivity contribution is -0.134. The number of amides is 2. The number of piperazine rings is 1. The Morgan fingerprint density at radius 3 is 2.61 bits per heavy atom. The maximum absolute atomic E-state index is 13.7.